The average molecular weight is 336 g/mol. The van der Waals surface area contributed by atoms with E-state index in [1.807, 2.05) is 4.68 Å². The van der Waals surface area contributed by atoms with Crippen molar-refractivity contribution in [1.82, 2.24) is 9.78 Å². The van der Waals surface area contributed by atoms with Gasteiger partial charge in [0.25, 0.3) is 0 Å². The summed E-state index contributed by atoms with van der Waals surface area (Å²) in [5.41, 5.74) is 4.73. The Bertz CT molecular complexity index is 566. The third-order valence-corrected chi connectivity index (χ3v) is 4.21. The van der Waals surface area contributed by atoms with Crippen molar-refractivity contribution >= 4 is 21.6 Å². The highest BCUT2D eigenvalue weighted by atomic mass is 79.9. The van der Waals surface area contributed by atoms with Crippen molar-refractivity contribution in [3.63, 3.8) is 0 Å². The number of hydrogen-bond donors (Lipinski definition) is 1. The first kappa shape index (κ1) is 15.1. The second-order valence-corrected chi connectivity index (χ2v) is 6.19. The summed E-state index contributed by atoms with van der Waals surface area (Å²) in [6.07, 6.45) is 3.15. The zero-order valence-corrected chi connectivity index (χ0v) is 14.2. The van der Waals surface area contributed by atoms with Crippen LogP contribution in [0.4, 0.5) is 5.69 Å². The number of rotatable bonds is 5. The van der Waals surface area contributed by atoms with Crippen molar-refractivity contribution in [2.75, 3.05) is 5.32 Å². The number of hydrogen-bond acceptors (Lipinski definition) is 2. The van der Waals surface area contributed by atoms with E-state index in [1.54, 1.807) is 0 Å². The minimum atomic E-state index is 0.455. The lowest BCUT2D eigenvalue weighted by atomic mass is 10.1. The molecule has 0 aliphatic carbocycles. The van der Waals surface area contributed by atoms with Gasteiger partial charge in [-0.25, -0.2) is 0 Å². The van der Waals surface area contributed by atoms with Crippen LogP contribution in [-0.4, -0.2) is 9.78 Å². The molecule has 108 valence electrons. The lowest BCUT2D eigenvalue weighted by molar-refractivity contribution is 0.474. The third kappa shape index (κ3) is 3.42. The molecule has 4 heteroatoms. The number of aryl methyl sites for hydroxylation is 2. The maximum atomic E-state index is 4.61. The van der Waals surface area contributed by atoms with E-state index in [2.05, 4.69) is 78.4 Å². The van der Waals surface area contributed by atoms with Gasteiger partial charge in [-0.3, -0.25) is 4.68 Å². The maximum absolute atomic E-state index is 4.61. The highest BCUT2D eigenvalue weighted by Gasteiger charge is 2.07. The minimum absolute atomic E-state index is 0.455. The summed E-state index contributed by atoms with van der Waals surface area (Å²) < 4.78 is 3.14. The highest BCUT2D eigenvalue weighted by molar-refractivity contribution is 9.10. The Balaban J connectivity index is 2.07. The summed E-state index contributed by atoms with van der Waals surface area (Å²) in [5.74, 6) is 0. The van der Waals surface area contributed by atoms with Crippen molar-refractivity contribution in [2.24, 2.45) is 0 Å². The Hall–Kier alpha value is -1.29. The van der Waals surface area contributed by atoms with E-state index in [1.165, 1.54) is 11.1 Å². The van der Waals surface area contributed by atoms with E-state index in [-0.39, 0.29) is 0 Å². The second-order valence-electron chi connectivity index (χ2n) is 5.34. The van der Waals surface area contributed by atoms with Crippen molar-refractivity contribution in [1.29, 1.82) is 0 Å². The maximum Gasteiger partial charge on any atom is 0.0815 e. The predicted octanol–water partition coefficient (Wildman–Crippen LogP) is 4.85. The Morgan fingerprint density at radius 3 is 2.75 bits per heavy atom. The normalized spacial score (nSPS) is 12.4. The fraction of sp³-hybridized carbons (Fsp3) is 0.438. The number of benzene rings is 1. The van der Waals surface area contributed by atoms with E-state index in [4.69, 9.17) is 0 Å². The van der Waals surface area contributed by atoms with E-state index in [0.717, 1.165) is 28.8 Å². The van der Waals surface area contributed by atoms with Gasteiger partial charge < -0.3 is 5.32 Å². The molecule has 0 fully saturated rings. The molecule has 0 saturated heterocycles. The molecule has 2 aromatic rings. The first-order valence-corrected chi connectivity index (χ1v) is 7.85. The Kier molecular flexibility index (Phi) is 4.86. The molecule has 1 unspecified atom stereocenters. The van der Waals surface area contributed by atoms with Gasteiger partial charge in [-0.15, -0.1) is 0 Å². The van der Waals surface area contributed by atoms with Gasteiger partial charge >= 0.3 is 0 Å². The van der Waals surface area contributed by atoms with Crippen LogP contribution in [0.2, 0.25) is 0 Å². The van der Waals surface area contributed by atoms with Gasteiger partial charge in [0.15, 0.2) is 0 Å². The van der Waals surface area contributed by atoms with Gasteiger partial charge in [-0.2, -0.15) is 5.10 Å². The van der Waals surface area contributed by atoms with Crippen molar-refractivity contribution < 1.29 is 0 Å². The quantitative estimate of drug-likeness (QED) is 0.846. The van der Waals surface area contributed by atoms with Crippen LogP contribution in [0.5, 0.6) is 0 Å². The molecule has 0 aliphatic rings. The lowest BCUT2D eigenvalue weighted by Crippen LogP contribution is -2.07. The number of nitrogens with zero attached hydrogens (tertiary/aromatic N) is 2. The van der Waals surface area contributed by atoms with Crippen LogP contribution in [-0.2, 0) is 6.54 Å². The molecule has 1 atom stereocenters. The van der Waals surface area contributed by atoms with Crippen molar-refractivity contribution in [3.05, 3.63) is 45.7 Å². The molecule has 20 heavy (non-hydrogen) atoms. The molecule has 0 saturated carbocycles. The minimum Gasteiger partial charge on any atom is -0.378 e. The summed E-state index contributed by atoms with van der Waals surface area (Å²) in [7, 11) is 0. The largest absolute Gasteiger partial charge is 0.378 e. The number of nitrogens with one attached hydrogen (secondary N) is 1. The van der Waals surface area contributed by atoms with Crippen LogP contribution in [0, 0.1) is 13.8 Å². The summed E-state index contributed by atoms with van der Waals surface area (Å²) in [4.78, 5) is 0. The van der Waals surface area contributed by atoms with Crippen LogP contribution in [0.3, 0.4) is 0 Å². The van der Waals surface area contributed by atoms with Gasteiger partial charge in [0.2, 0.25) is 0 Å². The van der Waals surface area contributed by atoms with Gasteiger partial charge in [0, 0.05) is 16.7 Å². The van der Waals surface area contributed by atoms with E-state index >= 15 is 0 Å². The Morgan fingerprint density at radius 1 is 1.35 bits per heavy atom. The molecule has 0 aliphatic heterocycles. The summed E-state index contributed by atoms with van der Waals surface area (Å²) in [6, 6.07) is 6.85. The smallest absolute Gasteiger partial charge is 0.0815 e. The fourth-order valence-corrected chi connectivity index (χ4v) is 3.04. The molecule has 0 amide bonds. The van der Waals surface area contributed by atoms with Gasteiger partial charge in [0.1, 0.15) is 0 Å². The molecule has 1 aromatic heterocycles. The zero-order valence-electron chi connectivity index (χ0n) is 12.6. The second kappa shape index (κ2) is 6.44. The van der Waals surface area contributed by atoms with Crippen LogP contribution < -0.4 is 5.32 Å². The molecule has 0 radical (unpaired) electrons. The van der Waals surface area contributed by atoms with Crippen LogP contribution in [0.1, 0.15) is 43.1 Å². The summed E-state index contributed by atoms with van der Waals surface area (Å²) in [6.45, 7) is 9.33. The molecule has 3 nitrogen and oxygen atoms in total. The first-order valence-electron chi connectivity index (χ1n) is 7.06. The number of halogens is 1. The molecule has 1 aromatic carbocycles. The molecule has 0 bridgehead atoms. The molecule has 2 rings (SSSR count). The monoisotopic (exact) mass is 335 g/mol. The van der Waals surface area contributed by atoms with E-state index < -0.39 is 0 Å². The molecular formula is C16H22BrN3. The Labute approximate surface area is 129 Å². The number of aromatic nitrogens is 2. The van der Waals surface area contributed by atoms with Crippen LogP contribution in [0.25, 0.3) is 0 Å². The van der Waals surface area contributed by atoms with E-state index in [9.17, 15) is 0 Å². The van der Waals surface area contributed by atoms with Crippen LogP contribution >= 0.6 is 15.9 Å². The van der Waals surface area contributed by atoms with Gasteiger partial charge in [-0.1, -0.05) is 13.0 Å². The number of anilines is 1. The molecule has 1 N–H and O–H groups in total. The zero-order chi connectivity index (χ0) is 14.7. The molecule has 1 heterocycles. The van der Waals surface area contributed by atoms with E-state index in [0.29, 0.717) is 6.04 Å². The lowest BCUT2D eigenvalue weighted by Gasteiger charge is -2.12. The third-order valence-electron chi connectivity index (χ3n) is 3.58. The first-order chi connectivity index (χ1) is 9.51. The van der Waals surface area contributed by atoms with Crippen LogP contribution in [0.15, 0.2) is 28.9 Å². The van der Waals surface area contributed by atoms with Gasteiger partial charge in [-0.05, 0) is 66.4 Å². The molecule has 0 spiro atoms. The Morgan fingerprint density at radius 2 is 2.10 bits per heavy atom. The standard InChI is InChI=1S/C16H22BrN3/c1-5-13(4)20-7-6-14(19-20)10-18-16-12(3)8-11(2)9-15(16)17/h6-9,13,18H,5,10H2,1-4H3. The highest BCUT2D eigenvalue weighted by Crippen LogP contribution is 2.28. The van der Waals surface area contributed by atoms with Crippen molar-refractivity contribution in [2.45, 2.75) is 46.7 Å². The summed E-state index contributed by atoms with van der Waals surface area (Å²) in [5, 5.41) is 8.08. The fourth-order valence-electron chi connectivity index (χ4n) is 2.22. The SMILES string of the molecule is CCC(C)n1ccc(CNc2c(C)cc(C)cc2Br)n1. The summed E-state index contributed by atoms with van der Waals surface area (Å²) >= 11 is 3.62. The topological polar surface area (TPSA) is 29.9 Å². The predicted molar refractivity (Wildman–Crippen MR) is 88.2 cm³/mol. The average Bonchev–Trinajstić information content (AvgIpc) is 2.85. The van der Waals surface area contributed by atoms with Crippen molar-refractivity contribution in [3.8, 4) is 0 Å². The van der Waals surface area contributed by atoms with Gasteiger partial charge in [0.05, 0.1) is 17.9 Å². The molecular weight excluding hydrogens is 314 g/mol.